The maximum atomic E-state index is 5.71. The van der Waals surface area contributed by atoms with Crippen molar-refractivity contribution in [1.29, 1.82) is 0 Å². The highest BCUT2D eigenvalue weighted by Crippen LogP contribution is 2.19. The van der Waals surface area contributed by atoms with Crippen molar-refractivity contribution in [3.05, 3.63) is 0 Å². The first kappa shape index (κ1) is 14.0. The number of nitrogens with zero attached hydrogens (tertiary/aromatic N) is 4. The van der Waals surface area contributed by atoms with E-state index in [-0.39, 0.29) is 0 Å². The molecule has 96 valence electrons. The number of nitrogen functional groups attached to an aromatic ring is 1. The minimum absolute atomic E-state index is 0.299. The zero-order chi connectivity index (χ0) is 12.8. The van der Waals surface area contributed by atoms with Gasteiger partial charge in [0.2, 0.25) is 11.9 Å². The van der Waals surface area contributed by atoms with Gasteiger partial charge in [0.05, 0.1) is 0 Å². The third-order valence-electron chi connectivity index (χ3n) is 2.21. The lowest BCUT2D eigenvalue weighted by atomic mass is 10.3. The molecule has 2 N–H and O–H groups in total. The van der Waals surface area contributed by atoms with Gasteiger partial charge >= 0.3 is 0 Å². The fourth-order valence-corrected chi connectivity index (χ4v) is 2.10. The van der Waals surface area contributed by atoms with E-state index in [1.165, 1.54) is 0 Å². The molecule has 0 saturated heterocycles. The molecule has 0 radical (unpaired) electrons. The van der Waals surface area contributed by atoms with E-state index >= 15 is 0 Å². The first-order chi connectivity index (χ1) is 8.06. The number of hydrogen-bond acceptors (Lipinski definition) is 6. The fourth-order valence-electron chi connectivity index (χ4n) is 1.31. The second-order valence-electron chi connectivity index (χ2n) is 4.15. The molecule has 0 fully saturated rings. The van der Waals surface area contributed by atoms with Crippen LogP contribution in [0.1, 0.15) is 27.7 Å². The summed E-state index contributed by atoms with van der Waals surface area (Å²) < 4.78 is 0. The lowest BCUT2D eigenvalue weighted by molar-refractivity contribution is 0.744. The van der Waals surface area contributed by atoms with Crippen molar-refractivity contribution in [3.8, 4) is 0 Å². The summed E-state index contributed by atoms with van der Waals surface area (Å²) in [5.41, 5.74) is 5.71. The Labute approximate surface area is 107 Å². The van der Waals surface area contributed by atoms with Crippen molar-refractivity contribution in [2.45, 2.75) is 32.9 Å². The average Bonchev–Trinajstić information content (AvgIpc) is 2.27. The van der Waals surface area contributed by atoms with Crippen LogP contribution in [0.3, 0.4) is 0 Å². The van der Waals surface area contributed by atoms with Gasteiger partial charge in [0.25, 0.3) is 0 Å². The zero-order valence-electron chi connectivity index (χ0n) is 11.0. The van der Waals surface area contributed by atoms with Crippen LogP contribution < -0.4 is 10.6 Å². The Balaban J connectivity index is 2.85. The molecular formula is C11H21N5S. The normalized spacial score (nSPS) is 10.9. The predicted octanol–water partition coefficient (Wildman–Crippen LogP) is 2.05. The summed E-state index contributed by atoms with van der Waals surface area (Å²) in [6, 6.07) is 0. The number of aromatic nitrogens is 3. The Morgan fingerprint density at radius 3 is 2.35 bits per heavy atom. The summed E-state index contributed by atoms with van der Waals surface area (Å²) in [6.07, 6.45) is 0. The van der Waals surface area contributed by atoms with E-state index in [0.717, 1.165) is 18.8 Å². The summed E-state index contributed by atoms with van der Waals surface area (Å²) in [5, 5.41) is 0.716. The van der Waals surface area contributed by atoms with Gasteiger partial charge in [-0.2, -0.15) is 15.0 Å². The van der Waals surface area contributed by atoms with Gasteiger partial charge in [-0.15, -0.1) is 0 Å². The molecule has 0 aliphatic heterocycles. The van der Waals surface area contributed by atoms with E-state index in [1.807, 2.05) is 0 Å². The van der Waals surface area contributed by atoms with Crippen LogP contribution in [0.2, 0.25) is 0 Å². The molecule has 0 aliphatic rings. The van der Waals surface area contributed by atoms with E-state index in [4.69, 9.17) is 5.73 Å². The summed E-state index contributed by atoms with van der Waals surface area (Å²) in [5.74, 6) is 2.57. The molecule has 0 unspecified atom stereocenters. The predicted molar refractivity (Wildman–Crippen MR) is 73.4 cm³/mol. The number of hydrogen-bond donors (Lipinski definition) is 1. The van der Waals surface area contributed by atoms with Gasteiger partial charge in [-0.25, -0.2) is 0 Å². The lowest BCUT2D eigenvalue weighted by Crippen LogP contribution is -2.25. The molecule has 0 saturated carbocycles. The number of rotatable bonds is 6. The minimum atomic E-state index is 0.299. The van der Waals surface area contributed by atoms with Crippen LogP contribution in [-0.4, -0.2) is 33.8 Å². The molecule has 1 rings (SSSR count). The summed E-state index contributed by atoms with van der Waals surface area (Å²) in [7, 11) is 0. The molecule has 0 bridgehead atoms. The van der Waals surface area contributed by atoms with E-state index in [1.54, 1.807) is 11.8 Å². The smallest absolute Gasteiger partial charge is 0.231 e. The van der Waals surface area contributed by atoms with Gasteiger partial charge in [-0.3, -0.25) is 0 Å². The van der Waals surface area contributed by atoms with Crippen molar-refractivity contribution < 1.29 is 0 Å². The Hall–Kier alpha value is -1.04. The van der Waals surface area contributed by atoms with Gasteiger partial charge in [0, 0.05) is 18.8 Å². The van der Waals surface area contributed by atoms with Gasteiger partial charge in [0.15, 0.2) is 5.16 Å². The first-order valence-electron chi connectivity index (χ1n) is 5.96. The van der Waals surface area contributed by atoms with Crippen LogP contribution >= 0.6 is 11.8 Å². The highest BCUT2D eigenvalue weighted by atomic mass is 32.2. The zero-order valence-corrected chi connectivity index (χ0v) is 11.8. The van der Waals surface area contributed by atoms with Gasteiger partial charge in [-0.05, 0) is 19.8 Å². The van der Waals surface area contributed by atoms with Gasteiger partial charge < -0.3 is 10.6 Å². The largest absolute Gasteiger partial charge is 0.368 e. The second-order valence-corrected chi connectivity index (χ2v) is 5.14. The first-order valence-corrected chi connectivity index (χ1v) is 6.94. The quantitative estimate of drug-likeness (QED) is 0.785. The summed E-state index contributed by atoms with van der Waals surface area (Å²) in [6.45, 7) is 10.2. The number of thioether (sulfide) groups is 1. The van der Waals surface area contributed by atoms with Crippen LogP contribution in [0, 0.1) is 5.92 Å². The molecule has 0 aliphatic carbocycles. The third kappa shape index (κ3) is 4.38. The molecule has 17 heavy (non-hydrogen) atoms. The molecule has 6 heteroatoms. The maximum absolute atomic E-state index is 5.71. The van der Waals surface area contributed by atoms with E-state index in [2.05, 4.69) is 47.5 Å². The monoisotopic (exact) mass is 255 g/mol. The third-order valence-corrected chi connectivity index (χ3v) is 3.49. The van der Waals surface area contributed by atoms with E-state index < -0.39 is 0 Å². The van der Waals surface area contributed by atoms with Crippen molar-refractivity contribution >= 4 is 23.7 Å². The molecule has 1 heterocycles. The van der Waals surface area contributed by atoms with Crippen molar-refractivity contribution in [1.82, 2.24) is 15.0 Å². The van der Waals surface area contributed by atoms with Gasteiger partial charge in [-0.1, -0.05) is 25.6 Å². The van der Waals surface area contributed by atoms with Crippen LogP contribution in [0.25, 0.3) is 0 Å². The molecule has 0 atom stereocenters. The van der Waals surface area contributed by atoms with Crippen LogP contribution in [0.4, 0.5) is 11.9 Å². The topological polar surface area (TPSA) is 67.9 Å². The van der Waals surface area contributed by atoms with E-state index in [9.17, 15) is 0 Å². The molecule has 5 nitrogen and oxygen atoms in total. The summed E-state index contributed by atoms with van der Waals surface area (Å²) >= 11 is 1.63. The average molecular weight is 255 g/mol. The van der Waals surface area contributed by atoms with E-state index in [0.29, 0.717) is 23.0 Å². The Morgan fingerprint density at radius 2 is 1.82 bits per heavy atom. The lowest BCUT2D eigenvalue weighted by Gasteiger charge is -2.18. The molecule has 1 aromatic heterocycles. The molecular weight excluding hydrogens is 234 g/mol. The minimum Gasteiger partial charge on any atom is -0.368 e. The van der Waals surface area contributed by atoms with Crippen molar-refractivity contribution in [2.24, 2.45) is 5.92 Å². The SMILES string of the molecule is CCN(CC)c1nc(N)nc(SCC(C)C)n1. The Bertz CT molecular complexity index is 352. The molecule has 0 aromatic carbocycles. The highest BCUT2D eigenvalue weighted by molar-refractivity contribution is 7.99. The number of nitrogens with two attached hydrogens (primary N) is 1. The Kier molecular flexibility index (Phi) is 5.47. The molecule has 0 spiro atoms. The van der Waals surface area contributed by atoms with Crippen LogP contribution in [0.15, 0.2) is 5.16 Å². The number of anilines is 2. The van der Waals surface area contributed by atoms with Crippen LogP contribution in [-0.2, 0) is 0 Å². The van der Waals surface area contributed by atoms with Crippen molar-refractivity contribution in [2.75, 3.05) is 29.5 Å². The van der Waals surface area contributed by atoms with Crippen molar-refractivity contribution in [3.63, 3.8) is 0 Å². The standard InChI is InChI=1S/C11H21N5S/c1-5-16(6-2)10-13-9(12)14-11(15-10)17-7-8(3)4/h8H,5-7H2,1-4H3,(H2,12,13,14,15). The molecule has 1 aromatic rings. The maximum Gasteiger partial charge on any atom is 0.231 e. The Morgan fingerprint density at radius 1 is 1.18 bits per heavy atom. The summed E-state index contributed by atoms with van der Waals surface area (Å²) in [4.78, 5) is 14.8. The molecule has 0 amide bonds. The van der Waals surface area contributed by atoms with Gasteiger partial charge in [0.1, 0.15) is 0 Å². The van der Waals surface area contributed by atoms with Crippen LogP contribution in [0.5, 0.6) is 0 Å². The fraction of sp³-hybridized carbons (Fsp3) is 0.727. The highest BCUT2D eigenvalue weighted by Gasteiger charge is 2.10. The second kappa shape index (κ2) is 6.64.